The molecule has 0 aliphatic carbocycles. The van der Waals surface area contributed by atoms with Gasteiger partial charge in [-0.3, -0.25) is 0 Å². The summed E-state index contributed by atoms with van der Waals surface area (Å²) in [6.07, 6.45) is 4.36. The second-order valence-electron chi connectivity index (χ2n) is 7.72. The minimum absolute atomic E-state index is 0.204. The van der Waals surface area contributed by atoms with Gasteiger partial charge in [-0.1, -0.05) is 48.5 Å². The number of piperidine rings is 1. The summed E-state index contributed by atoms with van der Waals surface area (Å²) in [5, 5.41) is 11.3. The van der Waals surface area contributed by atoms with Gasteiger partial charge in [0.05, 0.1) is 6.54 Å². The van der Waals surface area contributed by atoms with Crippen molar-refractivity contribution in [3.63, 3.8) is 0 Å². The quantitative estimate of drug-likeness (QED) is 0.696. The summed E-state index contributed by atoms with van der Waals surface area (Å²) in [5.74, 6) is -0.204. The molecule has 4 rings (SSSR count). The Labute approximate surface area is 166 Å². The fraction of sp³-hybridized carbons (Fsp3) is 0.333. The van der Waals surface area contributed by atoms with Crippen LogP contribution in [0.5, 0.6) is 0 Å². The predicted octanol–water partition coefficient (Wildman–Crippen LogP) is 4.20. The molecule has 4 heteroatoms. The number of rotatable bonds is 6. The first-order valence-corrected chi connectivity index (χ1v) is 10.0. The molecule has 0 bridgehead atoms. The van der Waals surface area contributed by atoms with Crippen molar-refractivity contribution in [1.29, 1.82) is 0 Å². The third kappa shape index (κ3) is 4.18. The molecule has 2 heterocycles. The Morgan fingerprint density at radius 2 is 1.61 bits per heavy atom. The lowest BCUT2D eigenvalue weighted by atomic mass is 9.88. The van der Waals surface area contributed by atoms with Crippen LogP contribution in [-0.4, -0.2) is 34.2 Å². The maximum Gasteiger partial charge on any atom is 0.128 e. The van der Waals surface area contributed by atoms with E-state index in [4.69, 9.17) is 0 Å². The van der Waals surface area contributed by atoms with Crippen LogP contribution in [0.25, 0.3) is 0 Å². The monoisotopic (exact) mass is 378 g/mol. The first kappa shape index (κ1) is 18.9. The zero-order chi connectivity index (χ0) is 19.4. The number of aromatic nitrogens is 1. The number of likely N-dealkylation sites (tertiary alicyclic amines) is 1. The summed E-state index contributed by atoms with van der Waals surface area (Å²) in [7, 11) is 0. The number of benzene rings is 2. The van der Waals surface area contributed by atoms with Crippen molar-refractivity contribution in [3.05, 3.63) is 95.6 Å². The summed E-state index contributed by atoms with van der Waals surface area (Å²) in [4.78, 5) is 2.42. The summed E-state index contributed by atoms with van der Waals surface area (Å²) in [5.41, 5.74) is 2.03. The summed E-state index contributed by atoms with van der Waals surface area (Å²) in [6, 6.07) is 21.3. The molecule has 0 saturated carbocycles. The van der Waals surface area contributed by atoms with E-state index in [0.29, 0.717) is 24.9 Å². The molecule has 0 spiro atoms. The van der Waals surface area contributed by atoms with Gasteiger partial charge in [-0.05, 0) is 43.0 Å². The molecule has 3 aromatic rings. The second-order valence-corrected chi connectivity index (χ2v) is 7.72. The van der Waals surface area contributed by atoms with Gasteiger partial charge in [0.15, 0.2) is 0 Å². The first-order chi connectivity index (χ1) is 13.6. The van der Waals surface area contributed by atoms with Gasteiger partial charge in [-0.25, -0.2) is 4.39 Å². The van der Waals surface area contributed by atoms with Crippen LogP contribution < -0.4 is 0 Å². The molecule has 2 aromatic carbocycles. The van der Waals surface area contributed by atoms with E-state index in [0.717, 1.165) is 31.7 Å². The Morgan fingerprint density at radius 3 is 2.36 bits per heavy atom. The molecule has 0 unspecified atom stereocenters. The molecular formula is C24H27FN2O. The van der Waals surface area contributed by atoms with Crippen molar-refractivity contribution in [2.75, 3.05) is 19.6 Å². The highest BCUT2D eigenvalue weighted by molar-refractivity contribution is 5.23. The van der Waals surface area contributed by atoms with E-state index in [-0.39, 0.29) is 5.82 Å². The molecule has 0 amide bonds. The van der Waals surface area contributed by atoms with Crippen LogP contribution in [0.15, 0.2) is 72.9 Å². The average molecular weight is 378 g/mol. The fourth-order valence-corrected chi connectivity index (χ4v) is 4.12. The number of hydrogen-bond donors (Lipinski definition) is 1. The Balaban J connectivity index is 1.39. The maximum atomic E-state index is 14.0. The summed E-state index contributed by atoms with van der Waals surface area (Å²) in [6.45, 7) is 3.19. The second kappa shape index (κ2) is 8.29. The van der Waals surface area contributed by atoms with Gasteiger partial charge in [0, 0.05) is 37.1 Å². The molecule has 1 saturated heterocycles. The highest BCUT2D eigenvalue weighted by Crippen LogP contribution is 2.33. The molecule has 1 fully saturated rings. The lowest BCUT2D eigenvalue weighted by Crippen LogP contribution is -2.44. The van der Waals surface area contributed by atoms with E-state index < -0.39 is 5.60 Å². The first-order valence-electron chi connectivity index (χ1n) is 10.0. The molecule has 3 nitrogen and oxygen atoms in total. The molecule has 1 aliphatic heterocycles. The van der Waals surface area contributed by atoms with Gasteiger partial charge in [0.25, 0.3) is 0 Å². The average Bonchev–Trinajstić information content (AvgIpc) is 3.19. The van der Waals surface area contributed by atoms with Crippen LogP contribution >= 0.6 is 0 Å². The molecule has 28 heavy (non-hydrogen) atoms. The number of hydrogen-bond acceptors (Lipinski definition) is 2. The van der Waals surface area contributed by atoms with Crippen molar-refractivity contribution in [2.24, 2.45) is 0 Å². The topological polar surface area (TPSA) is 28.4 Å². The van der Waals surface area contributed by atoms with Crippen LogP contribution in [0.3, 0.4) is 0 Å². The lowest BCUT2D eigenvalue weighted by molar-refractivity contribution is -0.0313. The van der Waals surface area contributed by atoms with Crippen LogP contribution in [0.2, 0.25) is 0 Å². The van der Waals surface area contributed by atoms with E-state index in [1.807, 2.05) is 35.0 Å². The zero-order valence-electron chi connectivity index (χ0n) is 16.1. The van der Waals surface area contributed by atoms with Crippen LogP contribution in [0, 0.1) is 5.82 Å². The van der Waals surface area contributed by atoms with Gasteiger partial charge in [0.1, 0.15) is 11.4 Å². The Bertz CT molecular complexity index is 898. The highest BCUT2D eigenvalue weighted by atomic mass is 19.1. The smallest absolute Gasteiger partial charge is 0.128 e. The third-order valence-corrected chi connectivity index (χ3v) is 5.85. The molecule has 1 N–H and O–H groups in total. The molecule has 1 aromatic heterocycles. The Morgan fingerprint density at radius 1 is 0.893 bits per heavy atom. The van der Waals surface area contributed by atoms with E-state index in [9.17, 15) is 9.50 Å². The van der Waals surface area contributed by atoms with Crippen molar-refractivity contribution in [1.82, 2.24) is 9.47 Å². The number of halogens is 1. The number of nitrogens with zero attached hydrogens (tertiary/aromatic N) is 2. The predicted molar refractivity (Wildman–Crippen MR) is 110 cm³/mol. The Hall–Kier alpha value is -2.43. The van der Waals surface area contributed by atoms with Crippen LogP contribution in [-0.2, 0) is 18.6 Å². The highest BCUT2D eigenvalue weighted by Gasteiger charge is 2.36. The van der Waals surface area contributed by atoms with E-state index >= 15 is 0 Å². The van der Waals surface area contributed by atoms with Crippen molar-refractivity contribution in [2.45, 2.75) is 31.4 Å². The standard InChI is InChI=1S/C24H27FN2O/c25-22-10-5-4-9-21(22)19-27-15-6-11-23(27)24(28)13-17-26(18-14-24)16-12-20-7-2-1-3-8-20/h1-11,15,28H,12-14,16-19H2. The summed E-state index contributed by atoms with van der Waals surface area (Å²) < 4.78 is 16.0. The third-order valence-electron chi connectivity index (χ3n) is 5.85. The van der Waals surface area contributed by atoms with Crippen LogP contribution in [0.4, 0.5) is 4.39 Å². The minimum Gasteiger partial charge on any atom is -0.384 e. The van der Waals surface area contributed by atoms with Gasteiger partial charge >= 0.3 is 0 Å². The fourth-order valence-electron chi connectivity index (χ4n) is 4.12. The molecule has 146 valence electrons. The van der Waals surface area contributed by atoms with Gasteiger partial charge in [-0.15, -0.1) is 0 Å². The van der Waals surface area contributed by atoms with Gasteiger partial charge < -0.3 is 14.6 Å². The van der Waals surface area contributed by atoms with Crippen molar-refractivity contribution < 1.29 is 9.50 Å². The zero-order valence-corrected chi connectivity index (χ0v) is 16.1. The minimum atomic E-state index is -0.849. The number of aliphatic hydroxyl groups is 1. The Kier molecular flexibility index (Phi) is 5.60. The molecule has 0 radical (unpaired) electrons. The van der Waals surface area contributed by atoms with Crippen molar-refractivity contribution in [3.8, 4) is 0 Å². The maximum absolute atomic E-state index is 14.0. The summed E-state index contributed by atoms with van der Waals surface area (Å²) >= 11 is 0. The molecule has 1 aliphatic rings. The lowest BCUT2D eigenvalue weighted by Gasteiger charge is -2.39. The van der Waals surface area contributed by atoms with Gasteiger partial charge in [0.2, 0.25) is 0 Å². The largest absolute Gasteiger partial charge is 0.384 e. The van der Waals surface area contributed by atoms with E-state index in [2.05, 4.69) is 29.2 Å². The normalized spacial score (nSPS) is 16.9. The SMILES string of the molecule is OC1(c2cccn2Cc2ccccc2F)CCN(CCc2ccccc2)CC1. The molecule has 0 atom stereocenters. The van der Waals surface area contributed by atoms with E-state index in [1.165, 1.54) is 11.6 Å². The van der Waals surface area contributed by atoms with Crippen molar-refractivity contribution >= 4 is 0 Å². The van der Waals surface area contributed by atoms with Crippen LogP contribution in [0.1, 0.15) is 29.7 Å². The van der Waals surface area contributed by atoms with Gasteiger partial charge in [-0.2, -0.15) is 0 Å². The van der Waals surface area contributed by atoms with E-state index in [1.54, 1.807) is 12.1 Å². The molecular weight excluding hydrogens is 351 g/mol.